The van der Waals surface area contributed by atoms with Crippen LogP contribution in [-0.4, -0.2) is 41.7 Å². The Labute approximate surface area is 162 Å². The number of amides is 1. The average Bonchev–Trinajstić information content (AvgIpc) is 3.10. The number of anilines is 2. The molecule has 1 heterocycles. The van der Waals surface area contributed by atoms with Crippen molar-refractivity contribution in [2.24, 2.45) is 0 Å². The molecule has 0 radical (unpaired) electrons. The highest BCUT2D eigenvalue weighted by Crippen LogP contribution is 2.30. The lowest BCUT2D eigenvalue weighted by Gasteiger charge is -2.11. The monoisotopic (exact) mass is 383 g/mol. The Hall–Kier alpha value is -3.75. The zero-order valence-electron chi connectivity index (χ0n) is 15.8. The molecular weight excluding hydrogens is 362 g/mol. The molecule has 0 atom stereocenters. The van der Waals surface area contributed by atoms with Crippen molar-refractivity contribution in [3.63, 3.8) is 0 Å². The molecule has 3 aromatic rings. The normalized spacial score (nSPS) is 10.4. The van der Waals surface area contributed by atoms with Gasteiger partial charge in [-0.1, -0.05) is 17.3 Å². The largest absolute Gasteiger partial charge is 0.493 e. The van der Waals surface area contributed by atoms with E-state index < -0.39 is 5.91 Å². The predicted molar refractivity (Wildman–Crippen MR) is 104 cm³/mol. The van der Waals surface area contributed by atoms with Crippen LogP contribution >= 0.6 is 0 Å². The smallest absolute Gasteiger partial charge is 0.280 e. The van der Waals surface area contributed by atoms with Gasteiger partial charge in [-0.2, -0.15) is 4.68 Å². The Morgan fingerprint density at radius 2 is 1.86 bits per heavy atom. The Balaban J connectivity index is 1.88. The van der Waals surface area contributed by atoms with Gasteiger partial charge in [0.25, 0.3) is 5.91 Å². The number of nitrogen functional groups attached to an aromatic ring is 1. The van der Waals surface area contributed by atoms with Gasteiger partial charge in [0, 0.05) is 6.07 Å². The van der Waals surface area contributed by atoms with Crippen LogP contribution < -0.4 is 25.3 Å². The van der Waals surface area contributed by atoms with Crippen molar-refractivity contribution in [2.75, 3.05) is 31.9 Å². The molecule has 0 aliphatic heterocycles. The molecule has 0 saturated carbocycles. The maximum absolute atomic E-state index is 12.7. The lowest BCUT2D eigenvalue weighted by molar-refractivity contribution is 0.102. The van der Waals surface area contributed by atoms with Gasteiger partial charge < -0.3 is 25.3 Å². The van der Waals surface area contributed by atoms with Gasteiger partial charge in [-0.25, -0.2) is 0 Å². The molecule has 1 amide bonds. The van der Waals surface area contributed by atoms with Crippen molar-refractivity contribution in [3.8, 4) is 22.9 Å². The van der Waals surface area contributed by atoms with Crippen LogP contribution in [0.5, 0.6) is 17.2 Å². The zero-order valence-corrected chi connectivity index (χ0v) is 15.8. The number of methoxy groups -OCH3 is 2. The molecule has 3 rings (SSSR count). The Kier molecular flexibility index (Phi) is 5.64. The van der Waals surface area contributed by atoms with E-state index in [1.807, 2.05) is 13.0 Å². The number of para-hydroxylation sites is 2. The van der Waals surface area contributed by atoms with Gasteiger partial charge in [0.1, 0.15) is 5.75 Å². The SMILES string of the molecule is CCOc1ccccc1NC(=O)c1nnn(-c2ccc(OC)c(OC)c2)c1N. The molecule has 0 saturated heterocycles. The molecule has 0 bridgehead atoms. The Morgan fingerprint density at radius 1 is 1.11 bits per heavy atom. The van der Waals surface area contributed by atoms with Crippen LogP contribution in [0.1, 0.15) is 17.4 Å². The summed E-state index contributed by atoms with van der Waals surface area (Å²) >= 11 is 0. The maximum atomic E-state index is 12.7. The van der Waals surface area contributed by atoms with Crippen molar-refractivity contribution in [3.05, 3.63) is 48.2 Å². The summed E-state index contributed by atoms with van der Waals surface area (Å²) < 4.78 is 17.4. The molecular formula is C19H21N5O4. The standard InChI is InChI=1S/C19H21N5O4/c1-4-28-14-8-6-5-7-13(14)21-19(25)17-18(20)24(23-22-17)12-9-10-15(26-2)16(11-12)27-3/h5-11H,4,20H2,1-3H3,(H,21,25). The van der Waals surface area contributed by atoms with Gasteiger partial charge in [0.2, 0.25) is 0 Å². The Bertz CT molecular complexity index is 986. The van der Waals surface area contributed by atoms with Crippen LogP contribution in [0.4, 0.5) is 11.5 Å². The van der Waals surface area contributed by atoms with Gasteiger partial charge in [-0.05, 0) is 31.2 Å². The van der Waals surface area contributed by atoms with E-state index in [2.05, 4.69) is 15.6 Å². The summed E-state index contributed by atoms with van der Waals surface area (Å²) in [7, 11) is 3.07. The van der Waals surface area contributed by atoms with Crippen molar-refractivity contribution in [2.45, 2.75) is 6.92 Å². The summed E-state index contributed by atoms with van der Waals surface area (Å²) in [6, 6.07) is 12.3. The van der Waals surface area contributed by atoms with E-state index in [9.17, 15) is 4.79 Å². The fourth-order valence-corrected chi connectivity index (χ4v) is 2.63. The second-order valence-corrected chi connectivity index (χ2v) is 5.66. The molecule has 9 heteroatoms. The summed E-state index contributed by atoms with van der Waals surface area (Å²) in [6.45, 7) is 2.34. The van der Waals surface area contributed by atoms with Gasteiger partial charge in [0.05, 0.1) is 32.2 Å². The number of nitrogens with zero attached hydrogens (tertiary/aromatic N) is 3. The van der Waals surface area contributed by atoms with Crippen LogP contribution in [0.15, 0.2) is 42.5 Å². The number of ether oxygens (including phenoxy) is 3. The third-order valence-corrected chi connectivity index (χ3v) is 3.97. The molecule has 1 aromatic heterocycles. The summed E-state index contributed by atoms with van der Waals surface area (Å²) in [5.41, 5.74) is 7.23. The number of hydrogen-bond acceptors (Lipinski definition) is 7. The zero-order chi connectivity index (χ0) is 20.1. The predicted octanol–water partition coefficient (Wildman–Crippen LogP) is 2.52. The molecule has 0 fully saturated rings. The second-order valence-electron chi connectivity index (χ2n) is 5.66. The van der Waals surface area contributed by atoms with Crippen LogP contribution in [-0.2, 0) is 0 Å². The third kappa shape index (κ3) is 3.68. The van der Waals surface area contributed by atoms with Crippen molar-refractivity contribution in [1.29, 1.82) is 0 Å². The molecule has 28 heavy (non-hydrogen) atoms. The third-order valence-electron chi connectivity index (χ3n) is 3.97. The summed E-state index contributed by atoms with van der Waals surface area (Å²) in [4.78, 5) is 12.7. The molecule has 2 aromatic carbocycles. The molecule has 0 aliphatic carbocycles. The molecule has 0 spiro atoms. The number of nitrogens with two attached hydrogens (primary N) is 1. The van der Waals surface area contributed by atoms with Crippen LogP contribution in [0.25, 0.3) is 5.69 Å². The topological polar surface area (TPSA) is 114 Å². The minimum absolute atomic E-state index is 0.00101. The second kappa shape index (κ2) is 8.30. The fraction of sp³-hybridized carbons (Fsp3) is 0.211. The number of nitrogens with one attached hydrogen (secondary N) is 1. The highest BCUT2D eigenvalue weighted by atomic mass is 16.5. The van der Waals surface area contributed by atoms with Crippen LogP contribution in [0, 0.1) is 0 Å². The fourth-order valence-electron chi connectivity index (χ4n) is 2.63. The van der Waals surface area contributed by atoms with Crippen molar-refractivity contribution >= 4 is 17.4 Å². The van der Waals surface area contributed by atoms with Crippen LogP contribution in [0.3, 0.4) is 0 Å². The first-order valence-corrected chi connectivity index (χ1v) is 8.55. The number of carbonyl (C=O) groups excluding carboxylic acids is 1. The first-order valence-electron chi connectivity index (χ1n) is 8.55. The van der Waals surface area contributed by atoms with E-state index in [-0.39, 0.29) is 11.5 Å². The molecule has 3 N–H and O–H groups in total. The minimum Gasteiger partial charge on any atom is -0.493 e. The van der Waals surface area contributed by atoms with Crippen molar-refractivity contribution in [1.82, 2.24) is 15.0 Å². The number of rotatable bonds is 7. The van der Waals surface area contributed by atoms with Crippen molar-refractivity contribution < 1.29 is 19.0 Å². The summed E-state index contributed by atoms with van der Waals surface area (Å²) in [6.07, 6.45) is 0. The first kappa shape index (κ1) is 19.0. The number of carbonyl (C=O) groups is 1. The lowest BCUT2D eigenvalue weighted by atomic mass is 10.2. The maximum Gasteiger partial charge on any atom is 0.280 e. The van der Waals surface area contributed by atoms with E-state index in [1.165, 1.54) is 11.8 Å². The van der Waals surface area contributed by atoms with Crippen LogP contribution in [0.2, 0.25) is 0 Å². The summed E-state index contributed by atoms with van der Waals surface area (Å²) in [5.74, 6) is 1.24. The highest BCUT2D eigenvalue weighted by molar-refractivity contribution is 6.06. The summed E-state index contributed by atoms with van der Waals surface area (Å²) in [5, 5.41) is 10.7. The van der Waals surface area contributed by atoms with E-state index in [0.29, 0.717) is 35.2 Å². The Morgan fingerprint density at radius 3 is 2.57 bits per heavy atom. The highest BCUT2D eigenvalue weighted by Gasteiger charge is 2.20. The van der Waals surface area contributed by atoms with Gasteiger partial charge in [-0.15, -0.1) is 5.10 Å². The first-order chi connectivity index (χ1) is 13.6. The number of benzene rings is 2. The van der Waals surface area contributed by atoms with Gasteiger partial charge in [-0.3, -0.25) is 4.79 Å². The number of hydrogen-bond donors (Lipinski definition) is 2. The van der Waals surface area contributed by atoms with E-state index in [0.717, 1.165) is 0 Å². The lowest BCUT2D eigenvalue weighted by Crippen LogP contribution is -2.15. The number of aromatic nitrogens is 3. The molecule has 0 unspecified atom stereocenters. The molecule has 146 valence electrons. The van der Waals surface area contributed by atoms with Gasteiger partial charge in [0.15, 0.2) is 23.0 Å². The molecule has 0 aliphatic rings. The molecule has 9 nitrogen and oxygen atoms in total. The van der Waals surface area contributed by atoms with Gasteiger partial charge >= 0.3 is 0 Å². The quantitative estimate of drug-likeness (QED) is 0.644. The van der Waals surface area contributed by atoms with E-state index >= 15 is 0 Å². The average molecular weight is 383 g/mol. The van der Waals surface area contributed by atoms with E-state index in [4.69, 9.17) is 19.9 Å². The van der Waals surface area contributed by atoms with E-state index in [1.54, 1.807) is 43.5 Å². The minimum atomic E-state index is -0.489.